The highest BCUT2D eigenvalue weighted by atomic mass is 32.2. The summed E-state index contributed by atoms with van der Waals surface area (Å²) in [5.41, 5.74) is 5.39. The maximum atomic E-state index is 11.1. The molecule has 1 unspecified atom stereocenters. The molecule has 0 radical (unpaired) electrons. The van der Waals surface area contributed by atoms with Gasteiger partial charge in [-0.2, -0.15) is 0 Å². The van der Waals surface area contributed by atoms with Gasteiger partial charge in [-0.05, 0) is 18.6 Å². The van der Waals surface area contributed by atoms with Crippen molar-refractivity contribution in [3.8, 4) is 0 Å². The van der Waals surface area contributed by atoms with E-state index < -0.39 is 23.2 Å². The Balaban J connectivity index is 3.66. The number of hydrogen-bond donors (Lipinski definition) is 3. The fraction of sp³-hybridized carbons (Fsp3) is 0.867. The number of aliphatic carboxylic acids is 2. The van der Waals surface area contributed by atoms with Crippen LogP contribution in [0.2, 0.25) is 0 Å². The van der Waals surface area contributed by atoms with Gasteiger partial charge in [-0.3, -0.25) is 9.59 Å². The molecule has 0 bridgehead atoms. The Kier molecular flexibility index (Phi) is 12.5. The molecule has 2 atom stereocenters. The molecule has 4 N–H and O–H groups in total. The first-order valence-corrected chi connectivity index (χ1v) is 8.86. The van der Waals surface area contributed by atoms with Crippen LogP contribution in [-0.2, 0) is 9.59 Å². The molecule has 0 aliphatic carbocycles. The molecular formula is C15H29NO4S. The van der Waals surface area contributed by atoms with Gasteiger partial charge < -0.3 is 15.9 Å². The van der Waals surface area contributed by atoms with Crippen molar-refractivity contribution >= 4 is 23.7 Å². The summed E-state index contributed by atoms with van der Waals surface area (Å²) in [6.45, 7) is 2.20. The van der Waals surface area contributed by atoms with Crippen LogP contribution >= 0.6 is 11.8 Å². The molecule has 0 fully saturated rings. The molecule has 0 aromatic carbocycles. The normalized spacial score (nSPS) is 13.8. The Labute approximate surface area is 131 Å². The van der Waals surface area contributed by atoms with Crippen LogP contribution < -0.4 is 5.73 Å². The van der Waals surface area contributed by atoms with Crippen LogP contribution in [0.1, 0.15) is 64.7 Å². The highest BCUT2D eigenvalue weighted by molar-refractivity contribution is 8.00. The van der Waals surface area contributed by atoms with Gasteiger partial charge in [0.1, 0.15) is 11.3 Å². The minimum Gasteiger partial charge on any atom is -0.480 e. The average molecular weight is 319 g/mol. The molecule has 21 heavy (non-hydrogen) atoms. The van der Waals surface area contributed by atoms with Crippen LogP contribution in [0.3, 0.4) is 0 Å². The van der Waals surface area contributed by atoms with Gasteiger partial charge in [-0.25, -0.2) is 0 Å². The van der Waals surface area contributed by atoms with Crippen molar-refractivity contribution in [1.82, 2.24) is 0 Å². The van der Waals surface area contributed by atoms with Crippen LogP contribution in [0, 0.1) is 0 Å². The highest BCUT2D eigenvalue weighted by Gasteiger charge is 2.24. The number of carbonyl (C=O) groups is 2. The summed E-state index contributed by atoms with van der Waals surface area (Å²) >= 11 is 1.30. The lowest BCUT2D eigenvalue weighted by Gasteiger charge is -2.14. The van der Waals surface area contributed by atoms with Gasteiger partial charge in [-0.1, -0.05) is 51.9 Å². The Morgan fingerprint density at radius 1 is 0.952 bits per heavy atom. The molecule has 6 heteroatoms. The van der Waals surface area contributed by atoms with E-state index in [1.807, 2.05) is 0 Å². The van der Waals surface area contributed by atoms with E-state index in [1.165, 1.54) is 50.3 Å². The SMILES string of the molecule is CCCCCCCCCCSC(C[C@H](N)C(=O)O)C(=O)O. The smallest absolute Gasteiger partial charge is 0.320 e. The Morgan fingerprint density at radius 3 is 1.95 bits per heavy atom. The fourth-order valence-corrected chi connectivity index (χ4v) is 3.17. The first-order valence-electron chi connectivity index (χ1n) is 7.81. The first-order chi connectivity index (χ1) is 9.99. The van der Waals surface area contributed by atoms with E-state index in [0.29, 0.717) is 0 Å². The second-order valence-corrected chi connectivity index (χ2v) is 6.66. The highest BCUT2D eigenvalue weighted by Crippen LogP contribution is 2.19. The van der Waals surface area contributed by atoms with Crippen molar-refractivity contribution in [1.29, 1.82) is 0 Å². The van der Waals surface area contributed by atoms with E-state index in [9.17, 15) is 9.59 Å². The number of nitrogens with two attached hydrogens (primary N) is 1. The van der Waals surface area contributed by atoms with Gasteiger partial charge in [-0.15, -0.1) is 11.8 Å². The second-order valence-electron chi connectivity index (χ2n) is 5.35. The molecule has 0 aromatic heterocycles. The molecule has 0 rings (SSSR count). The minimum atomic E-state index is -1.14. The Morgan fingerprint density at radius 2 is 1.48 bits per heavy atom. The topological polar surface area (TPSA) is 101 Å². The maximum Gasteiger partial charge on any atom is 0.320 e. The van der Waals surface area contributed by atoms with E-state index >= 15 is 0 Å². The molecule has 0 heterocycles. The molecule has 0 spiro atoms. The number of unbranched alkanes of at least 4 members (excludes halogenated alkanes) is 7. The summed E-state index contributed by atoms with van der Waals surface area (Å²) < 4.78 is 0. The zero-order valence-electron chi connectivity index (χ0n) is 12.9. The van der Waals surface area contributed by atoms with E-state index in [4.69, 9.17) is 15.9 Å². The van der Waals surface area contributed by atoms with Gasteiger partial charge in [0, 0.05) is 0 Å². The van der Waals surface area contributed by atoms with Crippen LogP contribution in [0.5, 0.6) is 0 Å². The van der Waals surface area contributed by atoms with Crippen LogP contribution in [-0.4, -0.2) is 39.2 Å². The monoisotopic (exact) mass is 319 g/mol. The van der Waals surface area contributed by atoms with Gasteiger partial charge in [0.25, 0.3) is 0 Å². The predicted molar refractivity (Wildman–Crippen MR) is 86.7 cm³/mol. The predicted octanol–water partition coefficient (Wildman–Crippen LogP) is 3.12. The summed E-state index contributed by atoms with van der Waals surface area (Å²) in [4.78, 5) is 21.7. The number of carboxylic acid groups (broad SMARTS) is 2. The molecule has 0 saturated heterocycles. The van der Waals surface area contributed by atoms with Gasteiger partial charge >= 0.3 is 11.9 Å². The van der Waals surface area contributed by atoms with E-state index in [1.54, 1.807) is 0 Å². The summed E-state index contributed by atoms with van der Waals surface area (Å²) in [7, 11) is 0. The third kappa shape index (κ3) is 11.6. The molecule has 0 aliphatic rings. The zero-order valence-corrected chi connectivity index (χ0v) is 13.7. The summed E-state index contributed by atoms with van der Waals surface area (Å²) in [6.07, 6.45) is 9.65. The summed E-state index contributed by atoms with van der Waals surface area (Å²) in [6, 6.07) is -1.10. The van der Waals surface area contributed by atoms with Crippen molar-refractivity contribution in [3.63, 3.8) is 0 Å². The van der Waals surface area contributed by atoms with Gasteiger partial charge in [0.15, 0.2) is 0 Å². The Hall–Kier alpha value is -0.750. The van der Waals surface area contributed by atoms with Gasteiger partial charge in [0.2, 0.25) is 0 Å². The van der Waals surface area contributed by atoms with E-state index in [2.05, 4.69) is 6.92 Å². The first kappa shape index (κ1) is 20.2. The molecule has 0 aliphatic heterocycles. The third-order valence-corrected chi connectivity index (χ3v) is 4.70. The number of thioether (sulfide) groups is 1. The number of hydrogen-bond acceptors (Lipinski definition) is 4. The fourth-order valence-electron chi connectivity index (χ4n) is 2.03. The molecule has 0 aromatic rings. The molecule has 5 nitrogen and oxygen atoms in total. The molecular weight excluding hydrogens is 290 g/mol. The van der Waals surface area contributed by atoms with Crippen molar-refractivity contribution in [2.45, 2.75) is 76.0 Å². The molecule has 0 amide bonds. The lowest BCUT2D eigenvalue weighted by Crippen LogP contribution is -2.35. The van der Waals surface area contributed by atoms with Gasteiger partial charge in [0.05, 0.1) is 0 Å². The van der Waals surface area contributed by atoms with E-state index in [-0.39, 0.29) is 6.42 Å². The minimum absolute atomic E-state index is 0.0215. The van der Waals surface area contributed by atoms with Crippen molar-refractivity contribution in [2.24, 2.45) is 5.73 Å². The van der Waals surface area contributed by atoms with Crippen molar-refractivity contribution < 1.29 is 19.8 Å². The molecule has 124 valence electrons. The zero-order chi connectivity index (χ0) is 16.1. The third-order valence-electron chi connectivity index (χ3n) is 3.38. The van der Waals surface area contributed by atoms with Crippen LogP contribution in [0.15, 0.2) is 0 Å². The quantitative estimate of drug-likeness (QED) is 0.425. The molecule has 0 saturated carbocycles. The van der Waals surface area contributed by atoms with Crippen molar-refractivity contribution in [2.75, 3.05) is 5.75 Å². The lowest BCUT2D eigenvalue weighted by atomic mass is 10.1. The average Bonchev–Trinajstić information content (AvgIpc) is 2.43. The largest absolute Gasteiger partial charge is 0.480 e. The van der Waals surface area contributed by atoms with Crippen LogP contribution in [0.25, 0.3) is 0 Å². The second kappa shape index (κ2) is 13.0. The summed E-state index contributed by atoms with van der Waals surface area (Å²) in [5.74, 6) is -1.37. The number of carboxylic acids is 2. The number of rotatable bonds is 14. The van der Waals surface area contributed by atoms with Crippen molar-refractivity contribution in [3.05, 3.63) is 0 Å². The Bertz CT molecular complexity index is 299. The van der Waals surface area contributed by atoms with Crippen LogP contribution in [0.4, 0.5) is 0 Å². The van der Waals surface area contributed by atoms with E-state index in [0.717, 1.165) is 18.6 Å². The maximum absolute atomic E-state index is 11.1. The standard InChI is InChI=1S/C15H29NO4S/c1-2-3-4-5-6-7-8-9-10-21-13(15(19)20)11-12(16)14(17)18/h12-13H,2-11,16H2,1H3,(H,17,18)(H,19,20)/t12-,13?/m0/s1. The lowest BCUT2D eigenvalue weighted by molar-refractivity contribution is -0.139. The summed E-state index contributed by atoms with van der Waals surface area (Å²) in [5, 5.41) is 17.1.